The number of amides is 1. The summed E-state index contributed by atoms with van der Waals surface area (Å²) < 4.78 is 0.768. The van der Waals surface area contributed by atoms with Gasteiger partial charge in [0.15, 0.2) is 0 Å². The second-order valence-corrected chi connectivity index (χ2v) is 4.84. The van der Waals surface area contributed by atoms with Gasteiger partial charge in [-0.2, -0.15) is 0 Å². The lowest BCUT2D eigenvalue weighted by atomic mass is 10.1. The molecule has 0 radical (unpaired) electrons. The van der Waals surface area contributed by atoms with E-state index >= 15 is 0 Å². The zero-order valence-electron chi connectivity index (χ0n) is 9.77. The van der Waals surface area contributed by atoms with Gasteiger partial charge in [-0.3, -0.25) is 9.78 Å². The Kier molecular flexibility index (Phi) is 3.62. The molecule has 0 spiro atoms. The van der Waals surface area contributed by atoms with E-state index in [0.29, 0.717) is 11.3 Å². The summed E-state index contributed by atoms with van der Waals surface area (Å²) in [5, 5.41) is 2.83. The number of rotatable bonds is 2. The van der Waals surface area contributed by atoms with E-state index in [1.54, 1.807) is 24.4 Å². The molecule has 1 amide bonds. The van der Waals surface area contributed by atoms with Gasteiger partial charge < -0.3 is 11.1 Å². The van der Waals surface area contributed by atoms with Crippen LogP contribution in [0.1, 0.15) is 15.9 Å². The summed E-state index contributed by atoms with van der Waals surface area (Å²) in [5.74, 6) is -0.198. The summed E-state index contributed by atoms with van der Waals surface area (Å²) in [6.07, 6.45) is 3.15. The Morgan fingerprint density at radius 2 is 2.11 bits per heavy atom. The van der Waals surface area contributed by atoms with Crippen LogP contribution in [-0.4, -0.2) is 10.9 Å². The van der Waals surface area contributed by atoms with E-state index in [4.69, 9.17) is 5.73 Å². The number of nitrogens with zero attached hydrogens (tertiary/aromatic N) is 1. The largest absolute Gasteiger partial charge is 0.399 e. The first-order chi connectivity index (χ1) is 8.56. The van der Waals surface area contributed by atoms with Crippen molar-refractivity contribution in [2.45, 2.75) is 6.92 Å². The number of nitrogens with two attached hydrogens (primary N) is 1. The van der Waals surface area contributed by atoms with Crippen LogP contribution in [0.3, 0.4) is 0 Å². The zero-order chi connectivity index (χ0) is 13.1. The molecule has 0 aliphatic rings. The Morgan fingerprint density at radius 3 is 2.78 bits per heavy atom. The van der Waals surface area contributed by atoms with Gasteiger partial charge in [0.05, 0.1) is 5.56 Å². The van der Waals surface area contributed by atoms with Crippen LogP contribution in [-0.2, 0) is 0 Å². The molecule has 2 rings (SSSR count). The van der Waals surface area contributed by atoms with Gasteiger partial charge in [0, 0.05) is 28.2 Å². The number of aromatic nitrogens is 1. The molecule has 0 unspecified atom stereocenters. The van der Waals surface area contributed by atoms with E-state index < -0.39 is 0 Å². The molecule has 0 aliphatic carbocycles. The van der Waals surface area contributed by atoms with Gasteiger partial charge in [-0.15, -0.1) is 0 Å². The lowest BCUT2D eigenvalue weighted by molar-refractivity contribution is 0.102. The van der Waals surface area contributed by atoms with E-state index in [0.717, 1.165) is 15.7 Å². The molecular formula is C13H12BrN3O. The van der Waals surface area contributed by atoms with Crippen molar-refractivity contribution in [1.82, 2.24) is 4.98 Å². The zero-order valence-corrected chi connectivity index (χ0v) is 11.4. The highest BCUT2D eigenvalue weighted by atomic mass is 79.9. The first-order valence-electron chi connectivity index (χ1n) is 5.34. The quantitative estimate of drug-likeness (QED) is 0.838. The number of hydrogen-bond acceptors (Lipinski definition) is 3. The maximum atomic E-state index is 12.0. The molecule has 0 aliphatic heterocycles. The second kappa shape index (κ2) is 5.18. The Bertz CT molecular complexity index is 599. The second-order valence-electron chi connectivity index (χ2n) is 3.92. The van der Waals surface area contributed by atoms with Gasteiger partial charge in [-0.25, -0.2) is 0 Å². The van der Waals surface area contributed by atoms with Crippen molar-refractivity contribution in [3.05, 3.63) is 52.3 Å². The fourth-order valence-electron chi connectivity index (χ4n) is 1.56. The monoisotopic (exact) mass is 305 g/mol. The van der Waals surface area contributed by atoms with E-state index in [1.165, 1.54) is 6.20 Å². The summed E-state index contributed by atoms with van der Waals surface area (Å²) in [5.41, 5.74) is 8.50. The average Bonchev–Trinajstić information content (AvgIpc) is 2.32. The third-order valence-corrected chi connectivity index (χ3v) is 2.90. The number of anilines is 2. The summed E-state index contributed by atoms with van der Waals surface area (Å²) in [4.78, 5) is 16.0. The van der Waals surface area contributed by atoms with Crippen molar-refractivity contribution in [3.63, 3.8) is 0 Å². The van der Waals surface area contributed by atoms with Crippen molar-refractivity contribution >= 4 is 33.2 Å². The fraction of sp³-hybridized carbons (Fsp3) is 0.0769. The Morgan fingerprint density at radius 1 is 1.33 bits per heavy atom. The van der Waals surface area contributed by atoms with Crippen LogP contribution < -0.4 is 11.1 Å². The van der Waals surface area contributed by atoms with Crippen LogP contribution >= 0.6 is 15.9 Å². The standard InChI is InChI=1S/C13H12BrN3O/c1-8-4-11(15)2-3-12(8)17-13(18)9-5-10(14)7-16-6-9/h2-7H,15H2,1H3,(H,17,18). The molecule has 2 aromatic rings. The van der Waals surface area contributed by atoms with Crippen LogP contribution in [0.25, 0.3) is 0 Å². The highest BCUT2D eigenvalue weighted by Gasteiger charge is 2.08. The van der Waals surface area contributed by atoms with E-state index in [2.05, 4.69) is 26.2 Å². The normalized spacial score (nSPS) is 10.1. The molecule has 0 atom stereocenters. The van der Waals surface area contributed by atoms with E-state index in [-0.39, 0.29) is 5.91 Å². The highest BCUT2D eigenvalue weighted by Crippen LogP contribution is 2.19. The molecule has 0 saturated carbocycles. The molecule has 1 aromatic heterocycles. The topological polar surface area (TPSA) is 68.0 Å². The number of aryl methyl sites for hydroxylation is 1. The summed E-state index contributed by atoms with van der Waals surface area (Å²) in [7, 11) is 0. The third-order valence-electron chi connectivity index (χ3n) is 2.47. The molecule has 4 nitrogen and oxygen atoms in total. The number of nitrogen functional groups attached to an aromatic ring is 1. The summed E-state index contributed by atoms with van der Waals surface area (Å²) in [6, 6.07) is 7.07. The maximum Gasteiger partial charge on any atom is 0.257 e. The number of halogens is 1. The van der Waals surface area contributed by atoms with Crippen molar-refractivity contribution in [1.29, 1.82) is 0 Å². The van der Waals surface area contributed by atoms with Gasteiger partial charge in [0.25, 0.3) is 5.91 Å². The fourth-order valence-corrected chi connectivity index (χ4v) is 1.92. The smallest absolute Gasteiger partial charge is 0.257 e. The SMILES string of the molecule is Cc1cc(N)ccc1NC(=O)c1cncc(Br)c1. The molecule has 3 N–H and O–H groups in total. The number of hydrogen-bond donors (Lipinski definition) is 2. The lowest BCUT2D eigenvalue weighted by Crippen LogP contribution is -2.13. The number of nitrogens with one attached hydrogen (secondary N) is 1. The van der Waals surface area contributed by atoms with Gasteiger partial charge in [-0.05, 0) is 52.7 Å². The number of carbonyl (C=O) groups is 1. The summed E-state index contributed by atoms with van der Waals surface area (Å²) >= 11 is 3.28. The van der Waals surface area contributed by atoms with Gasteiger partial charge >= 0.3 is 0 Å². The van der Waals surface area contributed by atoms with E-state index in [9.17, 15) is 4.79 Å². The van der Waals surface area contributed by atoms with Crippen LogP contribution in [0.4, 0.5) is 11.4 Å². The van der Waals surface area contributed by atoms with Gasteiger partial charge in [-0.1, -0.05) is 0 Å². The van der Waals surface area contributed by atoms with Crippen LogP contribution in [0.15, 0.2) is 41.1 Å². The molecule has 92 valence electrons. The minimum Gasteiger partial charge on any atom is -0.399 e. The number of pyridine rings is 1. The van der Waals surface area contributed by atoms with Gasteiger partial charge in [0.1, 0.15) is 0 Å². The average molecular weight is 306 g/mol. The number of benzene rings is 1. The Balaban J connectivity index is 2.21. The Hall–Kier alpha value is -1.88. The third kappa shape index (κ3) is 2.87. The first-order valence-corrected chi connectivity index (χ1v) is 6.13. The van der Waals surface area contributed by atoms with Crippen molar-refractivity contribution < 1.29 is 4.79 Å². The molecule has 1 aromatic carbocycles. The van der Waals surface area contributed by atoms with Crippen LogP contribution in [0, 0.1) is 6.92 Å². The minimum absolute atomic E-state index is 0.198. The molecule has 0 saturated heterocycles. The van der Waals surface area contributed by atoms with Crippen LogP contribution in [0.5, 0.6) is 0 Å². The minimum atomic E-state index is -0.198. The highest BCUT2D eigenvalue weighted by molar-refractivity contribution is 9.10. The molecule has 18 heavy (non-hydrogen) atoms. The molecule has 1 heterocycles. The molecule has 5 heteroatoms. The van der Waals surface area contributed by atoms with Gasteiger partial charge in [0.2, 0.25) is 0 Å². The van der Waals surface area contributed by atoms with E-state index in [1.807, 2.05) is 13.0 Å². The predicted octanol–water partition coefficient (Wildman–Crippen LogP) is 2.99. The lowest BCUT2D eigenvalue weighted by Gasteiger charge is -2.09. The van der Waals surface area contributed by atoms with Crippen LogP contribution in [0.2, 0.25) is 0 Å². The number of carbonyl (C=O) groups excluding carboxylic acids is 1. The molecular weight excluding hydrogens is 294 g/mol. The molecule has 0 fully saturated rings. The predicted molar refractivity (Wildman–Crippen MR) is 75.5 cm³/mol. The maximum absolute atomic E-state index is 12.0. The van der Waals surface area contributed by atoms with Crippen molar-refractivity contribution in [2.24, 2.45) is 0 Å². The van der Waals surface area contributed by atoms with Crippen molar-refractivity contribution in [3.8, 4) is 0 Å². The Labute approximate surface area is 113 Å². The molecule has 0 bridgehead atoms. The first kappa shape index (κ1) is 12.6. The summed E-state index contributed by atoms with van der Waals surface area (Å²) in [6.45, 7) is 1.89. The van der Waals surface area contributed by atoms with Crippen molar-refractivity contribution in [2.75, 3.05) is 11.1 Å².